The molecule has 2 unspecified atom stereocenters. The number of fused-ring (bicyclic) bond motifs is 1. The van der Waals surface area contributed by atoms with Gasteiger partial charge in [0.25, 0.3) is 0 Å². The van der Waals surface area contributed by atoms with E-state index in [0.29, 0.717) is 16.8 Å². The molecule has 2 atom stereocenters. The minimum absolute atomic E-state index is 0.215. The summed E-state index contributed by atoms with van der Waals surface area (Å²) in [6.07, 6.45) is 8.30. The van der Waals surface area contributed by atoms with Gasteiger partial charge in [0.05, 0.1) is 16.5 Å². The van der Waals surface area contributed by atoms with Crippen LogP contribution < -0.4 is 10.2 Å². The lowest BCUT2D eigenvalue weighted by Gasteiger charge is -2.41. The van der Waals surface area contributed by atoms with Crippen molar-refractivity contribution in [3.63, 3.8) is 0 Å². The molecule has 4 heterocycles. The quantitative estimate of drug-likeness (QED) is 0.629. The van der Waals surface area contributed by atoms with Crippen LogP contribution in [0.3, 0.4) is 0 Å². The van der Waals surface area contributed by atoms with Crippen LogP contribution in [0.2, 0.25) is 0 Å². The van der Waals surface area contributed by atoms with Crippen molar-refractivity contribution >= 4 is 34.2 Å². The fourth-order valence-corrected chi connectivity index (χ4v) is 5.72. The van der Waals surface area contributed by atoms with Crippen molar-refractivity contribution < 1.29 is 8.95 Å². The molecule has 0 radical (unpaired) electrons. The number of nitrogens with one attached hydrogen (secondary N) is 1. The number of anilines is 2. The summed E-state index contributed by atoms with van der Waals surface area (Å²) in [6, 6.07) is 0.508. The molecule has 0 bridgehead atoms. The predicted octanol–water partition coefficient (Wildman–Crippen LogP) is 3.45. The molecule has 0 saturated carbocycles. The molecular weight excluding hydrogens is 446 g/mol. The van der Waals surface area contributed by atoms with Gasteiger partial charge in [0.2, 0.25) is 5.95 Å². The van der Waals surface area contributed by atoms with Gasteiger partial charge >= 0.3 is 0 Å². The molecule has 2 saturated heterocycles. The molecule has 3 aliphatic rings. The number of nitrogens with zero attached hydrogens (tertiary/aromatic N) is 4. The molecule has 0 spiro atoms. The summed E-state index contributed by atoms with van der Waals surface area (Å²) in [5.74, 6) is 2.10. The molecule has 0 aliphatic carbocycles. The highest BCUT2D eigenvalue weighted by Gasteiger charge is 2.31. The third-order valence-electron chi connectivity index (χ3n) is 6.24. The Morgan fingerprint density at radius 2 is 2.06 bits per heavy atom. The molecule has 32 heavy (non-hydrogen) atoms. The van der Waals surface area contributed by atoms with E-state index < -0.39 is 10.8 Å². The van der Waals surface area contributed by atoms with Gasteiger partial charge in [-0.1, -0.05) is 24.3 Å². The van der Waals surface area contributed by atoms with Crippen LogP contribution in [0.15, 0.2) is 40.4 Å². The Bertz CT molecular complexity index is 945. The van der Waals surface area contributed by atoms with Gasteiger partial charge in [-0.05, 0) is 38.8 Å². The highest BCUT2D eigenvalue weighted by atomic mass is 35.5. The van der Waals surface area contributed by atoms with Gasteiger partial charge in [-0.3, -0.25) is 4.21 Å². The van der Waals surface area contributed by atoms with Crippen LogP contribution in [0.25, 0.3) is 0 Å². The molecule has 7 nitrogen and oxygen atoms in total. The van der Waals surface area contributed by atoms with Crippen LogP contribution in [0.4, 0.5) is 11.8 Å². The summed E-state index contributed by atoms with van der Waals surface area (Å²) in [5, 5.41) is 4.26. The molecule has 4 rings (SSSR count). The fourth-order valence-electron chi connectivity index (χ4n) is 4.34. The van der Waals surface area contributed by atoms with Crippen molar-refractivity contribution in [1.29, 1.82) is 0 Å². The van der Waals surface area contributed by atoms with Gasteiger partial charge in [0, 0.05) is 67.8 Å². The van der Waals surface area contributed by atoms with Gasteiger partial charge in [0.15, 0.2) is 0 Å². The summed E-state index contributed by atoms with van der Waals surface area (Å²) in [6.45, 7) is 12.2. The fraction of sp³-hybridized carbons (Fsp3) is 0.565. The van der Waals surface area contributed by atoms with E-state index in [-0.39, 0.29) is 6.04 Å². The van der Waals surface area contributed by atoms with E-state index in [1.54, 1.807) is 0 Å². The second-order valence-corrected chi connectivity index (χ2v) is 10.4. The summed E-state index contributed by atoms with van der Waals surface area (Å²) >= 11 is 6.08. The Labute approximate surface area is 198 Å². The number of aryl methyl sites for hydroxylation is 1. The van der Waals surface area contributed by atoms with Crippen LogP contribution in [0.1, 0.15) is 32.4 Å². The van der Waals surface area contributed by atoms with Crippen molar-refractivity contribution in [1.82, 2.24) is 14.9 Å². The summed E-state index contributed by atoms with van der Waals surface area (Å²) in [7, 11) is -1.03. The average molecular weight is 478 g/mol. The third-order valence-corrected chi connectivity index (χ3v) is 8.04. The molecule has 2 fully saturated rings. The number of hydrogen-bond donors (Lipinski definition) is 1. The number of rotatable bonds is 6. The van der Waals surface area contributed by atoms with E-state index in [1.807, 2.05) is 25.2 Å². The number of aromatic nitrogens is 2. The summed E-state index contributed by atoms with van der Waals surface area (Å²) in [5.41, 5.74) is 1.87. The zero-order chi connectivity index (χ0) is 22.7. The third kappa shape index (κ3) is 5.18. The van der Waals surface area contributed by atoms with Crippen LogP contribution >= 0.6 is 11.6 Å². The van der Waals surface area contributed by atoms with Gasteiger partial charge < -0.3 is 19.9 Å². The maximum Gasteiger partial charge on any atom is 0.227 e. The number of hydrogen-bond acceptors (Lipinski definition) is 7. The largest absolute Gasteiger partial charge is 0.381 e. The zero-order valence-electron chi connectivity index (χ0n) is 18.8. The van der Waals surface area contributed by atoms with Crippen LogP contribution in [0.5, 0.6) is 0 Å². The molecule has 1 aromatic heterocycles. The normalized spacial score (nSPS) is 24.8. The lowest BCUT2D eigenvalue weighted by molar-refractivity contribution is 0.0903. The lowest BCUT2D eigenvalue weighted by Crippen LogP contribution is -2.52. The molecule has 174 valence electrons. The first-order valence-corrected chi connectivity index (χ1v) is 13.0. The number of halogens is 1. The van der Waals surface area contributed by atoms with Crippen molar-refractivity contribution in [3.8, 4) is 0 Å². The Balaban J connectivity index is 1.51. The Morgan fingerprint density at radius 1 is 1.28 bits per heavy atom. The van der Waals surface area contributed by atoms with Crippen LogP contribution in [-0.2, 0) is 22.0 Å². The van der Waals surface area contributed by atoms with Crippen molar-refractivity contribution in [2.45, 2.75) is 50.1 Å². The van der Waals surface area contributed by atoms with E-state index >= 15 is 0 Å². The van der Waals surface area contributed by atoms with Gasteiger partial charge in [-0.15, -0.1) is 0 Å². The second-order valence-electron chi connectivity index (χ2n) is 8.47. The van der Waals surface area contributed by atoms with Gasteiger partial charge in [-0.25, -0.2) is 4.98 Å². The summed E-state index contributed by atoms with van der Waals surface area (Å²) < 4.78 is 18.1. The first-order valence-electron chi connectivity index (χ1n) is 11.3. The monoisotopic (exact) mass is 477 g/mol. The first kappa shape index (κ1) is 23.3. The molecule has 1 aromatic rings. The molecule has 0 amide bonds. The molecule has 1 N–H and O–H groups in total. The maximum absolute atomic E-state index is 12.6. The smallest absolute Gasteiger partial charge is 0.227 e. The molecule has 0 aromatic carbocycles. The van der Waals surface area contributed by atoms with Crippen LogP contribution in [-0.4, -0.2) is 69.8 Å². The van der Waals surface area contributed by atoms with E-state index in [9.17, 15) is 4.21 Å². The maximum atomic E-state index is 12.6. The number of allylic oxidation sites excluding steroid dienone is 4. The average Bonchev–Trinajstić information content (AvgIpc) is 3.18. The zero-order valence-corrected chi connectivity index (χ0v) is 20.4. The highest BCUT2D eigenvalue weighted by molar-refractivity contribution is 7.85. The summed E-state index contributed by atoms with van der Waals surface area (Å²) in [4.78, 5) is 15.1. The number of piperazine rings is 1. The minimum Gasteiger partial charge on any atom is -0.381 e. The molecular formula is C23H32ClN5O2S. The Morgan fingerprint density at radius 3 is 2.78 bits per heavy atom. The SMILES string of the molecule is C=C(/C=C\C(Cl)=C/C)N1CCN(c2nc3c(c(NC4CCOCC4)n2)S(=O)CC3)C(C)C1. The second kappa shape index (κ2) is 10.4. The van der Waals surface area contributed by atoms with Crippen molar-refractivity contribution in [2.75, 3.05) is 48.8 Å². The number of ether oxygens (including phenoxy) is 1. The van der Waals surface area contributed by atoms with Crippen molar-refractivity contribution in [2.24, 2.45) is 0 Å². The predicted molar refractivity (Wildman–Crippen MR) is 131 cm³/mol. The van der Waals surface area contributed by atoms with Gasteiger partial charge in [0.1, 0.15) is 10.7 Å². The van der Waals surface area contributed by atoms with E-state index in [1.165, 1.54) is 0 Å². The Hall–Kier alpha value is -1.90. The first-order chi connectivity index (χ1) is 15.5. The Kier molecular flexibility index (Phi) is 7.53. The minimum atomic E-state index is -1.03. The molecule has 9 heteroatoms. The van der Waals surface area contributed by atoms with Crippen molar-refractivity contribution in [3.05, 3.63) is 41.2 Å². The lowest BCUT2D eigenvalue weighted by atomic mass is 10.1. The van der Waals surface area contributed by atoms with E-state index in [4.69, 9.17) is 26.3 Å². The van der Waals surface area contributed by atoms with Gasteiger partial charge in [-0.2, -0.15) is 4.98 Å². The topological polar surface area (TPSA) is 70.6 Å². The standard InChI is InChI=1S/C23H32ClN5O2S/c1-4-18(24)6-5-16(2)28-10-11-29(17(3)15-28)23-26-20-9-14-32(30)21(20)22(27-23)25-19-7-12-31-13-8-19/h4-6,17,19H,2,7-15H2,1,3H3,(H,25,26,27)/b6-5-,18-4+. The van der Waals surface area contributed by atoms with E-state index in [2.05, 4.69) is 28.6 Å². The molecule has 3 aliphatic heterocycles. The highest BCUT2D eigenvalue weighted by Crippen LogP contribution is 2.32. The van der Waals surface area contributed by atoms with E-state index in [0.717, 1.165) is 80.2 Å². The van der Waals surface area contributed by atoms with Crippen LogP contribution in [0, 0.1) is 0 Å².